The second-order valence-corrected chi connectivity index (χ2v) is 6.65. The van der Waals surface area contributed by atoms with Crippen LogP contribution >= 0.6 is 0 Å². The summed E-state index contributed by atoms with van der Waals surface area (Å²) in [5.41, 5.74) is -0.0536. The first-order chi connectivity index (χ1) is 9.86. The van der Waals surface area contributed by atoms with Gasteiger partial charge in [-0.1, -0.05) is 44.2 Å². The van der Waals surface area contributed by atoms with Gasteiger partial charge < -0.3 is 9.84 Å². The van der Waals surface area contributed by atoms with Gasteiger partial charge in [-0.15, -0.1) is 0 Å². The maximum atomic E-state index is 11.7. The van der Waals surface area contributed by atoms with Crippen molar-refractivity contribution >= 4 is 11.9 Å². The van der Waals surface area contributed by atoms with Crippen LogP contribution in [-0.2, 0) is 16.1 Å². The molecule has 4 heteroatoms. The number of ether oxygens (including phenoxy) is 1. The van der Waals surface area contributed by atoms with E-state index in [-0.39, 0.29) is 17.9 Å². The molecule has 0 unspecified atom stereocenters. The summed E-state index contributed by atoms with van der Waals surface area (Å²) in [4.78, 5) is 11.7. The van der Waals surface area contributed by atoms with Crippen LogP contribution in [0.3, 0.4) is 0 Å². The van der Waals surface area contributed by atoms with Crippen molar-refractivity contribution in [3.8, 4) is 0 Å². The Hall–Kier alpha value is -1.84. The Balaban J connectivity index is 2.05. The van der Waals surface area contributed by atoms with E-state index < -0.39 is 11.4 Å². The molecule has 0 aliphatic heterocycles. The largest absolute Gasteiger partial charge is 0.480 e. The summed E-state index contributed by atoms with van der Waals surface area (Å²) >= 11 is 0. The van der Waals surface area contributed by atoms with Crippen LogP contribution in [0.1, 0.15) is 45.1 Å². The minimum atomic E-state index is -1.15. The molecule has 1 fully saturated rings. The van der Waals surface area contributed by atoms with E-state index in [1.807, 2.05) is 30.3 Å². The van der Waals surface area contributed by atoms with Crippen molar-refractivity contribution in [3.63, 3.8) is 0 Å². The first kappa shape index (κ1) is 15.5. The zero-order valence-electron chi connectivity index (χ0n) is 12.7. The van der Waals surface area contributed by atoms with Crippen molar-refractivity contribution in [2.45, 2.75) is 46.1 Å². The van der Waals surface area contributed by atoms with Crippen molar-refractivity contribution in [3.05, 3.63) is 35.9 Å². The van der Waals surface area contributed by atoms with E-state index in [9.17, 15) is 9.90 Å². The summed E-state index contributed by atoms with van der Waals surface area (Å²) in [6.45, 7) is 4.54. The number of hydrogen-bond donors (Lipinski definition) is 2. The maximum absolute atomic E-state index is 11.7. The molecule has 0 spiro atoms. The molecule has 0 aromatic heterocycles. The Labute approximate surface area is 125 Å². The molecule has 0 radical (unpaired) electrons. The number of carboxylic acids is 1. The number of benzene rings is 1. The van der Waals surface area contributed by atoms with Crippen LogP contribution < -0.4 is 0 Å². The van der Waals surface area contributed by atoms with Gasteiger partial charge in [-0.3, -0.25) is 10.2 Å². The van der Waals surface area contributed by atoms with Crippen LogP contribution in [0, 0.1) is 16.2 Å². The van der Waals surface area contributed by atoms with Gasteiger partial charge in [0.2, 0.25) is 0 Å². The van der Waals surface area contributed by atoms with E-state index in [2.05, 4.69) is 13.8 Å². The van der Waals surface area contributed by atoms with Crippen molar-refractivity contribution in [2.75, 3.05) is 0 Å². The molecule has 1 saturated carbocycles. The lowest BCUT2D eigenvalue weighted by Gasteiger charge is -2.40. The Morgan fingerprint density at radius 1 is 1.19 bits per heavy atom. The zero-order chi connectivity index (χ0) is 15.5. The minimum Gasteiger partial charge on any atom is -0.480 e. The number of nitrogens with one attached hydrogen (secondary N) is 1. The van der Waals surface area contributed by atoms with Gasteiger partial charge >= 0.3 is 5.97 Å². The molecule has 1 aromatic carbocycles. The highest BCUT2D eigenvalue weighted by Crippen LogP contribution is 2.46. The third-order valence-electron chi connectivity index (χ3n) is 4.53. The molecule has 1 aliphatic carbocycles. The molecule has 1 aromatic rings. The Kier molecular flexibility index (Phi) is 4.35. The molecule has 0 atom stereocenters. The second-order valence-electron chi connectivity index (χ2n) is 6.65. The van der Waals surface area contributed by atoms with Gasteiger partial charge in [0.25, 0.3) is 0 Å². The average molecular weight is 289 g/mol. The highest BCUT2D eigenvalue weighted by atomic mass is 16.5. The number of aliphatic carboxylic acids is 1. The van der Waals surface area contributed by atoms with E-state index in [0.717, 1.165) is 18.4 Å². The first-order valence-electron chi connectivity index (χ1n) is 7.35. The summed E-state index contributed by atoms with van der Waals surface area (Å²) in [7, 11) is 0. The van der Waals surface area contributed by atoms with Crippen molar-refractivity contribution in [1.82, 2.24) is 0 Å². The lowest BCUT2D eigenvalue weighted by Crippen LogP contribution is -2.44. The quantitative estimate of drug-likeness (QED) is 0.653. The van der Waals surface area contributed by atoms with Gasteiger partial charge in [0.05, 0.1) is 0 Å². The predicted octanol–water partition coefficient (Wildman–Crippen LogP) is 3.85. The standard InChI is InChI=1S/C17H23NO3/c1-16(2)8-10-17(11-9-16,15(19)20)14(18)21-12-13-6-4-3-5-7-13/h3-7,18H,8-12H2,1-2H3,(H,19,20). The van der Waals surface area contributed by atoms with E-state index in [0.29, 0.717) is 12.8 Å². The molecule has 0 heterocycles. The zero-order valence-corrected chi connectivity index (χ0v) is 12.7. The van der Waals surface area contributed by atoms with Crippen LogP contribution in [0.2, 0.25) is 0 Å². The maximum Gasteiger partial charge on any atom is 0.319 e. The van der Waals surface area contributed by atoms with E-state index in [4.69, 9.17) is 10.1 Å². The molecule has 0 saturated heterocycles. The number of hydrogen-bond acceptors (Lipinski definition) is 3. The van der Waals surface area contributed by atoms with E-state index in [1.54, 1.807) is 0 Å². The van der Waals surface area contributed by atoms with Crippen molar-refractivity contribution < 1.29 is 14.6 Å². The molecular weight excluding hydrogens is 266 g/mol. The monoisotopic (exact) mass is 289 g/mol. The highest BCUT2D eigenvalue weighted by molar-refractivity contribution is 6.00. The summed E-state index contributed by atoms with van der Waals surface area (Å²) in [6, 6.07) is 9.53. The molecule has 21 heavy (non-hydrogen) atoms. The second kappa shape index (κ2) is 5.88. The molecule has 0 amide bonds. The molecule has 1 aliphatic rings. The third kappa shape index (κ3) is 3.43. The Bertz CT molecular complexity index is 512. The van der Waals surface area contributed by atoms with Crippen LogP contribution in [-0.4, -0.2) is 17.0 Å². The summed E-state index contributed by atoms with van der Waals surface area (Å²) in [6.07, 6.45) is 2.55. The number of carbonyl (C=O) groups is 1. The molecule has 4 nitrogen and oxygen atoms in total. The number of rotatable bonds is 4. The molecule has 2 rings (SSSR count). The fourth-order valence-corrected chi connectivity index (χ4v) is 2.76. The fourth-order valence-electron chi connectivity index (χ4n) is 2.76. The first-order valence-corrected chi connectivity index (χ1v) is 7.35. The smallest absolute Gasteiger partial charge is 0.319 e. The van der Waals surface area contributed by atoms with Crippen LogP contribution in [0.5, 0.6) is 0 Å². The summed E-state index contributed by atoms with van der Waals surface area (Å²) in [5, 5.41) is 17.7. The van der Waals surface area contributed by atoms with Gasteiger partial charge in [0.15, 0.2) is 5.90 Å². The van der Waals surface area contributed by atoms with E-state index in [1.165, 1.54) is 0 Å². The van der Waals surface area contributed by atoms with Gasteiger partial charge in [0.1, 0.15) is 12.0 Å². The van der Waals surface area contributed by atoms with Crippen molar-refractivity contribution in [2.24, 2.45) is 10.8 Å². The molecular formula is C17H23NO3. The topological polar surface area (TPSA) is 70.4 Å². The molecule has 114 valence electrons. The molecule has 2 N–H and O–H groups in total. The van der Waals surface area contributed by atoms with Crippen LogP contribution in [0.15, 0.2) is 30.3 Å². The summed E-state index contributed by atoms with van der Waals surface area (Å²) < 4.78 is 5.50. The highest BCUT2D eigenvalue weighted by Gasteiger charge is 2.49. The lowest BCUT2D eigenvalue weighted by molar-refractivity contribution is -0.148. The fraction of sp³-hybridized carbons (Fsp3) is 0.529. The van der Waals surface area contributed by atoms with Gasteiger partial charge in [-0.2, -0.15) is 0 Å². The normalized spacial score (nSPS) is 19.7. The third-order valence-corrected chi connectivity index (χ3v) is 4.53. The van der Waals surface area contributed by atoms with Gasteiger partial charge in [0, 0.05) is 0 Å². The van der Waals surface area contributed by atoms with Gasteiger partial charge in [-0.05, 0) is 36.7 Å². The predicted molar refractivity (Wildman–Crippen MR) is 81.3 cm³/mol. The van der Waals surface area contributed by atoms with E-state index >= 15 is 0 Å². The van der Waals surface area contributed by atoms with Crippen LogP contribution in [0.4, 0.5) is 0 Å². The molecule has 0 bridgehead atoms. The van der Waals surface area contributed by atoms with Crippen molar-refractivity contribution in [1.29, 1.82) is 5.41 Å². The van der Waals surface area contributed by atoms with Gasteiger partial charge in [-0.25, -0.2) is 0 Å². The lowest BCUT2D eigenvalue weighted by atomic mass is 9.65. The average Bonchev–Trinajstić information content (AvgIpc) is 2.46. The number of carboxylic acid groups (broad SMARTS) is 1. The Morgan fingerprint density at radius 2 is 1.76 bits per heavy atom. The van der Waals surface area contributed by atoms with Crippen LogP contribution in [0.25, 0.3) is 0 Å². The SMILES string of the molecule is CC1(C)CCC(C(=N)OCc2ccccc2)(C(=O)O)CC1. The Morgan fingerprint density at radius 3 is 2.29 bits per heavy atom. The minimum absolute atomic E-state index is 0.102. The summed E-state index contributed by atoms with van der Waals surface area (Å²) in [5.74, 6) is -1.04.